The molecular formula is C18H20N2O2Pd. The third-order valence-corrected chi connectivity index (χ3v) is 3.26. The molecule has 0 spiro atoms. The molecular weight excluding hydrogens is 383 g/mol. The van der Waals surface area contributed by atoms with Crippen molar-refractivity contribution in [1.29, 1.82) is 0 Å². The van der Waals surface area contributed by atoms with Gasteiger partial charge in [-0.15, -0.1) is 0 Å². The number of hydrogen-bond donors (Lipinski definition) is 2. The Labute approximate surface area is 150 Å². The summed E-state index contributed by atoms with van der Waals surface area (Å²) < 4.78 is 0. The molecule has 5 heteroatoms. The predicted octanol–water partition coefficient (Wildman–Crippen LogP) is 2.10. The monoisotopic (exact) mass is 402 g/mol. The number of carbonyl (C=O) groups is 2. The van der Waals surface area contributed by atoms with E-state index in [1.54, 1.807) is 36.7 Å². The van der Waals surface area contributed by atoms with Gasteiger partial charge in [-0.2, -0.15) is 0 Å². The van der Waals surface area contributed by atoms with Gasteiger partial charge in [-0.05, 0) is 38.2 Å². The Morgan fingerprint density at radius 2 is 1.35 bits per heavy atom. The average molecular weight is 403 g/mol. The van der Waals surface area contributed by atoms with E-state index in [0.29, 0.717) is 17.7 Å². The number of hydrogen-bond acceptors (Lipinski definition) is 4. The Hall–Kier alpha value is -1.96. The van der Waals surface area contributed by atoms with Crippen molar-refractivity contribution in [3.8, 4) is 0 Å². The summed E-state index contributed by atoms with van der Waals surface area (Å²) in [6.07, 6.45) is 17.2. The molecule has 2 aliphatic carbocycles. The number of rotatable bonds is 5. The van der Waals surface area contributed by atoms with Gasteiger partial charge in [0, 0.05) is 56.1 Å². The van der Waals surface area contributed by atoms with Gasteiger partial charge in [0.05, 0.1) is 0 Å². The maximum atomic E-state index is 11.6. The average Bonchev–Trinajstić information content (AvgIpc) is 2.48. The predicted molar refractivity (Wildman–Crippen MR) is 88.0 cm³/mol. The molecule has 0 heterocycles. The fourth-order valence-electron chi connectivity index (χ4n) is 1.94. The van der Waals surface area contributed by atoms with Gasteiger partial charge in [-0.25, -0.2) is 0 Å². The minimum atomic E-state index is -0.267. The van der Waals surface area contributed by atoms with Crippen molar-refractivity contribution in [3.63, 3.8) is 0 Å². The zero-order valence-corrected chi connectivity index (χ0v) is 14.7. The normalized spacial score (nSPS) is 20.1. The molecule has 2 rings (SSSR count). The molecule has 4 nitrogen and oxygen atoms in total. The number of nitrogens with one attached hydrogen (secondary N) is 2. The zero-order valence-electron chi connectivity index (χ0n) is 13.1. The van der Waals surface area contributed by atoms with Crippen LogP contribution in [0.15, 0.2) is 72.2 Å². The molecule has 2 N–H and O–H groups in total. The van der Waals surface area contributed by atoms with Crippen LogP contribution < -0.4 is 10.6 Å². The second-order valence-electron chi connectivity index (χ2n) is 5.77. The molecule has 0 aliphatic heterocycles. The van der Waals surface area contributed by atoms with Gasteiger partial charge in [0.25, 0.3) is 0 Å². The molecule has 0 saturated heterocycles. The largest absolute Gasteiger partial charge is 0.388 e. The Balaban J connectivity index is 0.00000264. The Kier molecular flexibility index (Phi) is 7.15. The molecule has 23 heavy (non-hydrogen) atoms. The molecule has 0 radical (unpaired) electrons. The molecule has 0 aromatic rings. The molecule has 0 saturated carbocycles. The Morgan fingerprint density at radius 3 is 1.87 bits per heavy atom. The van der Waals surface area contributed by atoms with E-state index in [2.05, 4.69) is 10.6 Å². The second-order valence-corrected chi connectivity index (χ2v) is 5.77. The van der Waals surface area contributed by atoms with Crippen molar-refractivity contribution in [3.05, 3.63) is 72.2 Å². The van der Waals surface area contributed by atoms with E-state index in [9.17, 15) is 9.59 Å². The van der Waals surface area contributed by atoms with Crippen LogP contribution in [0.3, 0.4) is 0 Å². The minimum Gasteiger partial charge on any atom is -0.388 e. The fourth-order valence-corrected chi connectivity index (χ4v) is 1.94. The standard InChI is InChI=1S/C18H20N2O2.Pd/c1-18(2,20-12-15-8-4-6-10-17(15)22)13-19-11-14-7-3-5-9-16(14)21;/h3-12,19-20H,13H2,1-2H3;. The van der Waals surface area contributed by atoms with Gasteiger partial charge in [0.15, 0.2) is 11.6 Å². The quantitative estimate of drug-likeness (QED) is 0.546. The van der Waals surface area contributed by atoms with E-state index in [1.165, 1.54) is 12.2 Å². The van der Waals surface area contributed by atoms with E-state index in [-0.39, 0.29) is 37.5 Å². The summed E-state index contributed by atoms with van der Waals surface area (Å²) >= 11 is 0. The molecule has 0 bridgehead atoms. The van der Waals surface area contributed by atoms with Gasteiger partial charge in [0.2, 0.25) is 0 Å². The number of allylic oxidation sites excluding steroid dienone is 10. The van der Waals surface area contributed by atoms with Crippen LogP contribution in [-0.2, 0) is 30.0 Å². The van der Waals surface area contributed by atoms with E-state index < -0.39 is 0 Å². The van der Waals surface area contributed by atoms with Crippen molar-refractivity contribution in [2.24, 2.45) is 0 Å². The molecule has 0 atom stereocenters. The molecule has 0 fully saturated rings. The van der Waals surface area contributed by atoms with E-state index in [0.717, 1.165) is 0 Å². The third-order valence-electron chi connectivity index (χ3n) is 3.26. The van der Waals surface area contributed by atoms with Crippen molar-refractivity contribution in [2.45, 2.75) is 19.4 Å². The van der Waals surface area contributed by atoms with E-state index >= 15 is 0 Å². The van der Waals surface area contributed by atoms with E-state index in [1.807, 2.05) is 26.0 Å². The smallest absolute Gasteiger partial charge is 0.187 e. The van der Waals surface area contributed by atoms with Gasteiger partial charge < -0.3 is 10.6 Å². The van der Waals surface area contributed by atoms with Crippen molar-refractivity contribution in [2.75, 3.05) is 6.54 Å². The molecule has 0 aromatic carbocycles. The zero-order chi connectivity index (χ0) is 16.0. The summed E-state index contributed by atoms with van der Waals surface area (Å²) in [4.78, 5) is 23.2. The van der Waals surface area contributed by atoms with Gasteiger partial charge in [-0.3, -0.25) is 9.59 Å². The van der Waals surface area contributed by atoms with Crippen molar-refractivity contribution in [1.82, 2.24) is 10.6 Å². The molecule has 0 aromatic heterocycles. The Bertz CT molecular complexity index is 650. The van der Waals surface area contributed by atoms with E-state index in [4.69, 9.17) is 0 Å². The summed E-state index contributed by atoms with van der Waals surface area (Å²) in [5.41, 5.74) is 0.994. The van der Waals surface area contributed by atoms with Gasteiger partial charge >= 0.3 is 0 Å². The van der Waals surface area contributed by atoms with Gasteiger partial charge in [-0.1, -0.05) is 24.3 Å². The number of ketones is 2. The summed E-state index contributed by atoms with van der Waals surface area (Å²) in [6, 6.07) is 0. The van der Waals surface area contributed by atoms with Crippen LogP contribution in [-0.4, -0.2) is 23.7 Å². The first-order valence-corrected chi connectivity index (χ1v) is 7.17. The van der Waals surface area contributed by atoms with Crippen molar-refractivity contribution < 1.29 is 30.0 Å². The van der Waals surface area contributed by atoms with Crippen LogP contribution >= 0.6 is 0 Å². The maximum Gasteiger partial charge on any atom is 0.187 e. The summed E-state index contributed by atoms with van der Waals surface area (Å²) in [5, 5.41) is 6.38. The summed E-state index contributed by atoms with van der Waals surface area (Å²) in [5.74, 6) is -0.0155. The molecule has 2 aliphatic rings. The van der Waals surface area contributed by atoms with Crippen LogP contribution in [0.1, 0.15) is 13.8 Å². The van der Waals surface area contributed by atoms with Crippen LogP contribution in [0.2, 0.25) is 0 Å². The fraction of sp³-hybridized carbons (Fsp3) is 0.222. The first-order chi connectivity index (χ1) is 10.5. The SMILES string of the molecule is CC(C)(CNC=C1C=CC=CC1=O)NC=C1C=CC=CC1=O.[Pd]. The third kappa shape index (κ3) is 5.98. The maximum absolute atomic E-state index is 11.6. The summed E-state index contributed by atoms with van der Waals surface area (Å²) in [6.45, 7) is 4.64. The van der Waals surface area contributed by atoms with Gasteiger partial charge in [0.1, 0.15) is 0 Å². The molecule has 0 unspecified atom stereocenters. The van der Waals surface area contributed by atoms with Crippen LogP contribution in [0.4, 0.5) is 0 Å². The Morgan fingerprint density at radius 1 is 0.870 bits per heavy atom. The molecule has 0 amide bonds. The summed E-state index contributed by atoms with van der Waals surface area (Å²) in [7, 11) is 0. The molecule has 124 valence electrons. The number of carbonyl (C=O) groups excluding carboxylic acids is 2. The van der Waals surface area contributed by atoms with Crippen LogP contribution in [0.25, 0.3) is 0 Å². The van der Waals surface area contributed by atoms with Crippen LogP contribution in [0, 0.1) is 0 Å². The topological polar surface area (TPSA) is 58.2 Å². The first-order valence-electron chi connectivity index (χ1n) is 7.17. The first kappa shape index (κ1) is 19.1. The minimum absolute atomic E-state index is 0. The van der Waals surface area contributed by atoms with Crippen LogP contribution in [0.5, 0.6) is 0 Å². The second kappa shape index (κ2) is 8.62. The van der Waals surface area contributed by atoms with Crippen molar-refractivity contribution >= 4 is 11.6 Å².